The lowest BCUT2D eigenvalue weighted by Crippen LogP contribution is -2.43. The van der Waals surface area contributed by atoms with E-state index in [2.05, 4.69) is 17.4 Å². The van der Waals surface area contributed by atoms with E-state index in [-0.39, 0.29) is 18.0 Å². The van der Waals surface area contributed by atoms with Crippen molar-refractivity contribution in [2.24, 2.45) is 0 Å². The molecule has 3 rings (SSSR count). The SMILES string of the molecule is O=C1C(CCc2ccccc2)NCN1C1CCCOC1. The van der Waals surface area contributed by atoms with Crippen molar-refractivity contribution in [1.82, 2.24) is 10.2 Å². The topological polar surface area (TPSA) is 41.6 Å². The quantitative estimate of drug-likeness (QED) is 0.906. The van der Waals surface area contributed by atoms with Gasteiger partial charge in [0, 0.05) is 6.61 Å². The highest BCUT2D eigenvalue weighted by Gasteiger charge is 2.35. The number of nitrogens with zero attached hydrogens (tertiary/aromatic N) is 1. The maximum absolute atomic E-state index is 12.4. The molecule has 0 aromatic heterocycles. The second-order valence-electron chi connectivity index (χ2n) is 5.62. The van der Waals surface area contributed by atoms with Gasteiger partial charge in [-0.1, -0.05) is 30.3 Å². The number of carbonyl (C=O) groups is 1. The Bertz CT molecular complexity index is 443. The van der Waals surface area contributed by atoms with Gasteiger partial charge in [0.1, 0.15) is 0 Å². The van der Waals surface area contributed by atoms with Gasteiger partial charge in [0.2, 0.25) is 5.91 Å². The van der Waals surface area contributed by atoms with E-state index in [1.54, 1.807) is 0 Å². The molecule has 1 aromatic carbocycles. The molecule has 2 fully saturated rings. The van der Waals surface area contributed by atoms with E-state index in [4.69, 9.17) is 4.74 Å². The fraction of sp³-hybridized carbons (Fsp3) is 0.562. The smallest absolute Gasteiger partial charge is 0.241 e. The van der Waals surface area contributed by atoms with E-state index < -0.39 is 0 Å². The first-order valence-electron chi connectivity index (χ1n) is 7.50. The Morgan fingerprint density at radius 1 is 1.30 bits per heavy atom. The number of hydrogen-bond donors (Lipinski definition) is 1. The van der Waals surface area contributed by atoms with Crippen LogP contribution in [0, 0.1) is 0 Å². The van der Waals surface area contributed by atoms with Crippen LogP contribution < -0.4 is 5.32 Å². The van der Waals surface area contributed by atoms with Gasteiger partial charge in [-0.05, 0) is 31.2 Å². The predicted octanol–water partition coefficient (Wildman–Crippen LogP) is 1.56. The van der Waals surface area contributed by atoms with Crippen molar-refractivity contribution in [3.05, 3.63) is 35.9 Å². The van der Waals surface area contributed by atoms with Gasteiger partial charge >= 0.3 is 0 Å². The Labute approximate surface area is 120 Å². The van der Waals surface area contributed by atoms with Crippen molar-refractivity contribution >= 4 is 5.91 Å². The zero-order chi connectivity index (χ0) is 13.8. The number of rotatable bonds is 4. The number of amides is 1. The van der Waals surface area contributed by atoms with E-state index in [9.17, 15) is 4.79 Å². The third kappa shape index (κ3) is 3.02. The molecule has 2 unspecified atom stereocenters. The van der Waals surface area contributed by atoms with Crippen LogP contribution in [0.1, 0.15) is 24.8 Å². The predicted molar refractivity (Wildman–Crippen MR) is 77.2 cm³/mol. The molecule has 4 nitrogen and oxygen atoms in total. The third-order valence-corrected chi connectivity index (χ3v) is 4.23. The summed E-state index contributed by atoms with van der Waals surface area (Å²) < 4.78 is 5.49. The second kappa shape index (κ2) is 6.37. The molecule has 0 spiro atoms. The van der Waals surface area contributed by atoms with E-state index >= 15 is 0 Å². The standard InChI is InChI=1S/C16H22N2O2/c19-16-15(9-8-13-5-2-1-3-6-13)17-12-18(16)14-7-4-10-20-11-14/h1-3,5-6,14-15,17H,4,7-12H2. The summed E-state index contributed by atoms with van der Waals surface area (Å²) in [5.41, 5.74) is 1.29. The second-order valence-corrected chi connectivity index (χ2v) is 5.62. The molecule has 1 amide bonds. The fourth-order valence-electron chi connectivity index (χ4n) is 3.03. The Morgan fingerprint density at radius 3 is 2.90 bits per heavy atom. The van der Waals surface area contributed by atoms with Gasteiger partial charge in [-0.25, -0.2) is 0 Å². The molecule has 0 aliphatic carbocycles. The lowest BCUT2D eigenvalue weighted by atomic mass is 10.0. The third-order valence-electron chi connectivity index (χ3n) is 4.23. The van der Waals surface area contributed by atoms with Crippen LogP contribution in [-0.4, -0.2) is 42.8 Å². The molecule has 1 N–H and O–H groups in total. The summed E-state index contributed by atoms with van der Waals surface area (Å²) in [6.07, 6.45) is 3.94. The number of hydrogen-bond acceptors (Lipinski definition) is 3. The van der Waals surface area contributed by atoms with E-state index in [0.717, 1.165) is 32.3 Å². The molecule has 2 atom stereocenters. The summed E-state index contributed by atoms with van der Waals surface area (Å²) in [7, 11) is 0. The van der Waals surface area contributed by atoms with Crippen LogP contribution in [0.2, 0.25) is 0 Å². The van der Waals surface area contributed by atoms with E-state index in [1.165, 1.54) is 5.56 Å². The van der Waals surface area contributed by atoms with Crippen molar-refractivity contribution < 1.29 is 9.53 Å². The van der Waals surface area contributed by atoms with Crippen molar-refractivity contribution in [2.45, 2.75) is 37.8 Å². The summed E-state index contributed by atoms with van der Waals surface area (Å²) in [6.45, 7) is 2.20. The number of aryl methyl sites for hydroxylation is 1. The fourth-order valence-corrected chi connectivity index (χ4v) is 3.03. The molecular weight excluding hydrogens is 252 g/mol. The first-order valence-corrected chi connectivity index (χ1v) is 7.50. The van der Waals surface area contributed by atoms with Crippen LogP contribution >= 0.6 is 0 Å². The molecule has 2 aliphatic rings. The van der Waals surface area contributed by atoms with Crippen molar-refractivity contribution in [3.8, 4) is 0 Å². The summed E-state index contributed by atoms with van der Waals surface area (Å²) in [4.78, 5) is 14.4. The minimum Gasteiger partial charge on any atom is -0.379 e. The molecule has 108 valence electrons. The highest BCUT2D eigenvalue weighted by molar-refractivity contribution is 5.84. The highest BCUT2D eigenvalue weighted by atomic mass is 16.5. The Morgan fingerprint density at radius 2 is 2.15 bits per heavy atom. The van der Waals surface area contributed by atoms with Crippen molar-refractivity contribution in [1.29, 1.82) is 0 Å². The number of benzene rings is 1. The van der Waals surface area contributed by atoms with Gasteiger partial charge < -0.3 is 9.64 Å². The molecule has 4 heteroatoms. The Kier molecular flexibility index (Phi) is 4.33. The molecule has 1 aromatic rings. The van der Waals surface area contributed by atoms with E-state index in [0.29, 0.717) is 13.3 Å². The highest BCUT2D eigenvalue weighted by Crippen LogP contribution is 2.19. The Balaban J connectivity index is 1.53. The molecule has 0 radical (unpaired) electrons. The van der Waals surface area contributed by atoms with Crippen LogP contribution in [-0.2, 0) is 16.0 Å². The van der Waals surface area contributed by atoms with Crippen LogP contribution in [0.15, 0.2) is 30.3 Å². The number of nitrogens with one attached hydrogen (secondary N) is 1. The largest absolute Gasteiger partial charge is 0.379 e. The molecule has 0 saturated carbocycles. The maximum Gasteiger partial charge on any atom is 0.241 e. The summed E-state index contributed by atoms with van der Waals surface area (Å²) in [6, 6.07) is 10.6. The van der Waals surface area contributed by atoms with Gasteiger partial charge in [0.05, 0.1) is 25.4 Å². The molecular formula is C16H22N2O2. The summed E-state index contributed by atoms with van der Waals surface area (Å²) in [5, 5.41) is 3.34. The maximum atomic E-state index is 12.4. The first-order chi connectivity index (χ1) is 9.84. The van der Waals surface area contributed by atoms with Gasteiger partial charge in [-0.2, -0.15) is 0 Å². The number of carbonyl (C=O) groups excluding carboxylic acids is 1. The van der Waals surface area contributed by atoms with E-state index in [1.807, 2.05) is 23.1 Å². The first kappa shape index (κ1) is 13.6. The van der Waals surface area contributed by atoms with Crippen molar-refractivity contribution in [2.75, 3.05) is 19.9 Å². The molecule has 2 heterocycles. The average Bonchev–Trinajstić information content (AvgIpc) is 2.88. The van der Waals surface area contributed by atoms with Gasteiger partial charge in [-0.15, -0.1) is 0 Å². The lowest BCUT2D eigenvalue weighted by Gasteiger charge is -2.30. The minimum absolute atomic E-state index is 0.0304. The average molecular weight is 274 g/mol. The van der Waals surface area contributed by atoms with Gasteiger partial charge in [0.25, 0.3) is 0 Å². The number of ether oxygens (including phenoxy) is 1. The molecule has 20 heavy (non-hydrogen) atoms. The normalized spacial score (nSPS) is 27.0. The zero-order valence-corrected chi connectivity index (χ0v) is 11.8. The summed E-state index contributed by atoms with van der Waals surface area (Å²) in [5.74, 6) is 0.247. The Hall–Kier alpha value is -1.39. The monoisotopic (exact) mass is 274 g/mol. The zero-order valence-electron chi connectivity index (χ0n) is 11.8. The van der Waals surface area contributed by atoms with Crippen LogP contribution in [0.3, 0.4) is 0 Å². The molecule has 2 saturated heterocycles. The van der Waals surface area contributed by atoms with Crippen LogP contribution in [0.25, 0.3) is 0 Å². The summed E-state index contributed by atoms with van der Waals surface area (Å²) >= 11 is 0. The molecule has 0 bridgehead atoms. The van der Waals surface area contributed by atoms with Gasteiger partial charge in [-0.3, -0.25) is 10.1 Å². The van der Waals surface area contributed by atoms with Crippen LogP contribution in [0.4, 0.5) is 0 Å². The van der Waals surface area contributed by atoms with Crippen LogP contribution in [0.5, 0.6) is 0 Å². The minimum atomic E-state index is -0.0304. The van der Waals surface area contributed by atoms with Crippen molar-refractivity contribution in [3.63, 3.8) is 0 Å². The molecule has 2 aliphatic heterocycles. The lowest BCUT2D eigenvalue weighted by molar-refractivity contribution is -0.133. The van der Waals surface area contributed by atoms with Gasteiger partial charge in [0.15, 0.2) is 0 Å².